The smallest absolute Gasteiger partial charge is 0.343 e. The third-order valence-electron chi connectivity index (χ3n) is 6.39. The molecule has 4 aromatic carbocycles. The monoisotopic (exact) mass is 638 g/mol. The SMILES string of the molecule is Cc1ccc(Cl)c(N=C2NN(c3c(Cl)cc(Cl)cc3Cl)C(=O)C2n2nnc3cc(C(=O)Oc4ccccc4)ccc32)c1. The van der Waals surface area contributed by atoms with Gasteiger partial charge in [-0.1, -0.05) is 75.9 Å². The zero-order valence-corrected chi connectivity index (χ0v) is 24.6. The number of hydrogen-bond acceptors (Lipinski definition) is 6. The number of amidine groups is 1. The number of nitrogens with one attached hydrogen (secondary N) is 1. The molecule has 1 aromatic heterocycles. The molecule has 1 amide bonds. The Hall–Kier alpha value is -4.15. The van der Waals surface area contributed by atoms with E-state index in [0.29, 0.717) is 32.5 Å². The van der Waals surface area contributed by atoms with E-state index in [0.717, 1.165) is 5.56 Å². The normalized spacial score (nSPS) is 15.8. The third kappa shape index (κ3) is 5.28. The van der Waals surface area contributed by atoms with Crippen molar-refractivity contribution in [1.29, 1.82) is 0 Å². The summed E-state index contributed by atoms with van der Waals surface area (Å²) in [5.41, 5.74) is 5.64. The van der Waals surface area contributed by atoms with Gasteiger partial charge in [-0.25, -0.2) is 19.5 Å². The Labute approximate surface area is 259 Å². The topological polar surface area (TPSA) is 102 Å². The van der Waals surface area contributed by atoms with Crippen LogP contribution in [0.1, 0.15) is 22.0 Å². The summed E-state index contributed by atoms with van der Waals surface area (Å²) in [4.78, 5) is 31.5. The van der Waals surface area contributed by atoms with Gasteiger partial charge >= 0.3 is 5.97 Å². The number of hydrogen-bond donors (Lipinski definition) is 1. The molecule has 42 heavy (non-hydrogen) atoms. The molecule has 1 fully saturated rings. The van der Waals surface area contributed by atoms with Gasteiger partial charge in [0.2, 0.25) is 0 Å². The van der Waals surface area contributed by atoms with Gasteiger partial charge in [0.1, 0.15) is 17.0 Å². The van der Waals surface area contributed by atoms with Crippen LogP contribution in [0.15, 0.2) is 83.9 Å². The van der Waals surface area contributed by atoms with Crippen molar-refractivity contribution in [1.82, 2.24) is 20.4 Å². The second kappa shape index (κ2) is 11.3. The number of carbonyl (C=O) groups is 2. The molecular formula is C29H18Cl4N6O3. The van der Waals surface area contributed by atoms with Gasteiger partial charge in [0, 0.05) is 5.02 Å². The zero-order valence-electron chi connectivity index (χ0n) is 21.6. The Balaban J connectivity index is 1.43. The number of hydrazine groups is 1. The maximum atomic E-state index is 14.0. The van der Waals surface area contributed by atoms with Crippen molar-refractivity contribution in [3.63, 3.8) is 0 Å². The predicted molar refractivity (Wildman–Crippen MR) is 163 cm³/mol. The Morgan fingerprint density at radius 3 is 2.40 bits per heavy atom. The van der Waals surface area contributed by atoms with E-state index in [4.69, 9.17) is 56.1 Å². The van der Waals surface area contributed by atoms with E-state index in [-0.39, 0.29) is 27.1 Å². The first kappa shape index (κ1) is 28.0. The summed E-state index contributed by atoms with van der Waals surface area (Å²) in [5.74, 6) is -0.466. The molecule has 1 aliphatic rings. The quantitative estimate of drug-likeness (QED) is 0.159. The number of carbonyl (C=O) groups excluding carboxylic acids is 2. The fourth-order valence-electron chi connectivity index (χ4n) is 4.44. The highest BCUT2D eigenvalue weighted by Crippen LogP contribution is 2.39. The van der Waals surface area contributed by atoms with Crippen molar-refractivity contribution in [3.8, 4) is 5.75 Å². The van der Waals surface area contributed by atoms with Gasteiger partial charge in [-0.05, 0) is 67.1 Å². The summed E-state index contributed by atoms with van der Waals surface area (Å²) in [6, 6.07) is 20.6. The number of para-hydroxylation sites is 1. The molecule has 13 heteroatoms. The van der Waals surface area contributed by atoms with Crippen LogP contribution in [0, 0.1) is 6.92 Å². The molecule has 1 unspecified atom stereocenters. The van der Waals surface area contributed by atoms with E-state index < -0.39 is 17.9 Å². The minimum Gasteiger partial charge on any atom is -0.423 e. The Morgan fingerprint density at radius 1 is 0.929 bits per heavy atom. The average molecular weight is 640 g/mol. The molecule has 0 spiro atoms. The second-order valence-electron chi connectivity index (χ2n) is 9.30. The first-order valence-corrected chi connectivity index (χ1v) is 13.9. The number of fused-ring (bicyclic) bond motifs is 1. The summed E-state index contributed by atoms with van der Waals surface area (Å²) in [6.07, 6.45) is 0. The summed E-state index contributed by atoms with van der Waals surface area (Å²) >= 11 is 25.5. The molecule has 6 rings (SSSR count). The maximum absolute atomic E-state index is 14.0. The molecule has 5 aromatic rings. The van der Waals surface area contributed by atoms with Crippen LogP contribution in [-0.4, -0.2) is 32.7 Å². The largest absolute Gasteiger partial charge is 0.423 e. The molecule has 1 N–H and O–H groups in total. The van der Waals surface area contributed by atoms with Crippen molar-refractivity contribution in [2.75, 3.05) is 5.01 Å². The van der Waals surface area contributed by atoms with Crippen molar-refractivity contribution < 1.29 is 14.3 Å². The molecule has 1 atom stereocenters. The lowest BCUT2D eigenvalue weighted by Gasteiger charge is -2.19. The van der Waals surface area contributed by atoms with E-state index in [1.165, 1.54) is 27.9 Å². The fraction of sp³-hybridized carbons (Fsp3) is 0.0690. The van der Waals surface area contributed by atoms with Crippen molar-refractivity contribution in [2.24, 2.45) is 4.99 Å². The molecule has 1 saturated heterocycles. The molecule has 0 saturated carbocycles. The average Bonchev–Trinajstić information content (AvgIpc) is 3.50. The lowest BCUT2D eigenvalue weighted by Crippen LogP contribution is -2.36. The summed E-state index contributed by atoms with van der Waals surface area (Å²) in [7, 11) is 0. The van der Waals surface area contributed by atoms with E-state index in [9.17, 15) is 9.59 Å². The van der Waals surface area contributed by atoms with Crippen LogP contribution < -0.4 is 15.2 Å². The molecule has 1 aliphatic heterocycles. The summed E-state index contributed by atoms with van der Waals surface area (Å²) < 4.78 is 6.84. The number of nitrogens with zero attached hydrogens (tertiary/aromatic N) is 5. The minimum absolute atomic E-state index is 0.145. The van der Waals surface area contributed by atoms with E-state index in [1.807, 2.05) is 19.1 Å². The van der Waals surface area contributed by atoms with Gasteiger partial charge in [0.15, 0.2) is 11.9 Å². The highest BCUT2D eigenvalue weighted by Gasteiger charge is 2.43. The fourth-order valence-corrected chi connectivity index (χ4v) is 5.59. The summed E-state index contributed by atoms with van der Waals surface area (Å²) in [5, 5.41) is 10.6. The lowest BCUT2D eigenvalue weighted by molar-refractivity contribution is -0.119. The van der Waals surface area contributed by atoms with Gasteiger partial charge in [0.05, 0.1) is 31.8 Å². The Bertz CT molecular complexity index is 1890. The van der Waals surface area contributed by atoms with E-state index in [1.54, 1.807) is 48.5 Å². The highest BCUT2D eigenvalue weighted by atomic mass is 35.5. The van der Waals surface area contributed by atoms with Crippen molar-refractivity contribution >= 4 is 86.5 Å². The van der Waals surface area contributed by atoms with Crippen LogP contribution in [0.3, 0.4) is 0 Å². The van der Waals surface area contributed by atoms with Crippen molar-refractivity contribution in [3.05, 3.63) is 110 Å². The number of esters is 1. The van der Waals surface area contributed by atoms with E-state index in [2.05, 4.69) is 15.7 Å². The predicted octanol–water partition coefficient (Wildman–Crippen LogP) is 7.40. The van der Waals surface area contributed by atoms with Crippen molar-refractivity contribution in [2.45, 2.75) is 13.0 Å². The number of anilines is 1. The zero-order chi connectivity index (χ0) is 29.5. The molecule has 0 radical (unpaired) electrons. The van der Waals surface area contributed by atoms with E-state index >= 15 is 0 Å². The van der Waals surface area contributed by atoms with Gasteiger partial charge in [-0.2, -0.15) is 0 Å². The number of aromatic nitrogens is 3. The van der Waals surface area contributed by atoms with Crippen LogP contribution in [-0.2, 0) is 4.79 Å². The second-order valence-corrected chi connectivity index (χ2v) is 11.0. The number of ether oxygens (including phenoxy) is 1. The number of amides is 1. The molecule has 2 heterocycles. The van der Waals surface area contributed by atoms with Gasteiger partial charge in [-0.3, -0.25) is 10.2 Å². The van der Waals surface area contributed by atoms with Crippen LogP contribution in [0.2, 0.25) is 20.1 Å². The number of aliphatic imine (C=N–C) groups is 1. The van der Waals surface area contributed by atoms with Gasteiger partial charge < -0.3 is 4.74 Å². The maximum Gasteiger partial charge on any atom is 0.343 e. The molecule has 9 nitrogen and oxygen atoms in total. The number of benzene rings is 4. The minimum atomic E-state index is -1.11. The van der Waals surface area contributed by atoms with Crippen LogP contribution >= 0.6 is 46.4 Å². The van der Waals surface area contributed by atoms with Gasteiger partial charge in [0.25, 0.3) is 5.91 Å². The first-order valence-electron chi connectivity index (χ1n) is 12.4. The van der Waals surface area contributed by atoms with Crippen LogP contribution in [0.4, 0.5) is 11.4 Å². The summed E-state index contributed by atoms with van der Waals surface area (Å²) in [6.45, 7) is 1.90. The first-order chi connectivity index (χ1) is 20.2. The van der Waals surface area contributed by atoms with Crippen LogP contribution in [0.25, 0.3) is 11.0 Å². The standard InChI is InChI=1S/C29H18Cl4N6O3/c1-15-7-9-19(31)22(11-15)34-27-26(28(40)39(36-27)25-20(32)13-17(30)14-21(25)33)38-24-10-8-16(12-23(24)35-37-38)29(41)42-18-5-3-2-4-6-18/h2-14,26H,1H3,(H,34,36). The molecule has 0 aliphatic carbocycles. The molecule has 0 bridgehead atoms. The number of rotatable bonds is 5. The molecular weight excluding hydrogens is 622 g/mol. The number of halogens is 4. The Kier molecular flexibility index (Phi) is 7.51. The number of aryl methyl sites for hydroxylation is 1. The Morgan fingerprint density at radius 2 is 1.67 bits per heavy atom. The highest BCUT2D eigenvalue weighted by molar-refractivity contribution is 6.43. The van der Waals surface area contributed by atoms with Gasteiger partial charge in [-0.15, -0.1) is 5.10 Å². The third-order valence-corrected chi connectivity index (χ3v) is 7.51. The van der Waals surface area contributed by atoms with Crippen LogP contribution in [0.5, 0.6) is 5.75 Å². The lowest BCUT2D eigenvalue weighted by atomic mass is 10.2. The molecule has 210 valence electrons.